The second kappa shape index (κ2) is 5.58. The third kappa shape index (κ3) is 3.25. The number of rotatable bonds is 7. The lowest BCUT2D eigenvalue weighted by atomic mass is 9.69. The molecule has 3 nitrogen and oxygen atoms in total. The predicted octanol–water partition coefficient (Wildman–Crippen LogP) is 1.04. The summed E-state index contributed by atoms with van der Waals surface area (Å²) in [6, 6.07) is 0. The van der Waals surface area contributed by atoms with E-state index in [-0.39, 0.29) is 0 Å². The van der Waals surface area contributed by atoms with Crippen LogP contribution in [-0.2, 0) is 9.47 Å². The predicted molar refractivity (Wildman–Crippen MR) is 52.9 cm³/mol. The van der Waals surface area contributed by atoms with Crippen molar-refractivity contribution < 1.29 is 9.47 Å². The topological polar surface area (TPSA) is 30.5 Å². The van der Waals surface area contributed by atoms with Gasteiger partial charge in [-0.15, -0.1) is 0 Å². The van der Waals surface area contributed by atoms with Crippen molar-refractivity contribution in [1.82, 2.24) is 5.32 Å². The molecule has 0 unspecified atom stereocenters. The van der Waals surface area contributed by atoms with Gasteiger partial charge in [0.25, 0.3) is 0 Å². The first-order valence-electron chi connectivity index (χ1n) is 5.02. The summed E-state index contributed by atoms with van der Waals surface area (Å²) in [7, 11) is 3.52. The highest BCUT2D eigenvalue weighted by atomic mass is 16.5. The van der Waals surface area contributed by atoms with Crippen molar-refractivity contribution in [2.24, 2.45) is 5.41 Å². The van der Waals surface area contributed by atoms with Crippen LogP contribution in [0, 0.1) is 5.41 Å². The van der Waals surface area contributed by atoms with Crippen LogP contribution in [0.2, 0.25) is 0 Å². The maximum Gasteiger partial charge on any atom is 0.0587 e. The van der Waals surface area contributed by atoms with Gasteiger partial charge in [-0.25, -0.2) is 0 Å². The number of hydrogen-bond donors (Lipinski definition) is 1. The Morgan fingerprint density at radius 1 is 1.23 bits per heavy atom. The number of nitrogens with one attached hydrogen (secondary N) is 1. The van der Waals surface area contributed by atoms with Crippen LogP contribution in [0.1, 0.15) is 19.3 Å². The van der Waals surface area contributed by atoms with Gasteiger partial charge >= 0.3 is 0 Å². The van der Waals surface area contributed by atoms with Crippen molar-refractivity contribution >= 4 is 0 Å². The summed E-state index contributed by atoms with van der Waals surface area (Å²) in [5, 5.41) is 3.41. The van der Waals surface area contributed by atoms with E-state index >= 15 is 0 Å². The third-order valence-electron chi connectivity index (χ3n) is 2.85. The Balaban J connectivity index is 2.09. The molecule has 1 rings (SSSR count). The smallest absolute Gasteiger partial charge is 0.0587 e. The van der Waals surface area contributed by atoms with Crippen LogP contribution in [0.15, 0.2) is 0 Å². The summed E-state index contributed by atoms with van der Waals surface area (Å²) >= 11 is 0. The van der Waals surface area contributed by atoms with Crippen LogP contribution >= 0.6 is 0 Å². The van der Waals surface area contributed by atoms with Crippen molar-refractivity contribution in [1.29, 1.82) is 0 Å². The minimum atomic E-state index is 0.433. The van der Waals surface area contributed by atoms with E-state index in [9.17, 15) is 0 Å². The standard InChI is InChI=1S/C10H21NO2/c1-12-7-6-11-8-10(9-13-2)4-3-5-10/h11H,3-9H2,1-2H3. The molecular formula is C10H21NO2. The van der Waals surface area contributed by atoms with E-state index in [1.165, 1.54) is 19.3 Å². The minimum Gasteiger partial charge on any atom is -0.384 e. The van der Waals surface area contributed by atoms with Gasteiger partial charge in [0.05, 0.1) is 13.2 Å². The Morgan fingerprint density at radius 3 is 2.46 bits per heavy atom. The molecule has 0 aromatic heterocycles. The summed E-state index contributed by atoms with van der Waals surface area (Å²) in [6.07, 6.45) is 3.97. The van der Waals surface area contributed by atoms with Gasteiger partial charge in [0, 0.05) is 32.7 Å². The van der Waals surface area contributed by atoms with E-state index in [0.29, 0.717) is 5.41 Å². The molecule has 3 heteroatoms. The van der Waals surface area contributed by atoms with Gasteiger partial charge in [-0.1, -0.05) is 6.42 Å². The fraction of sp³-hybridized carbons (Fsp3) is 1.00. The number of ether oxygens (including phenoxy) is 2. The molecule has 1 aliphatic carbocycles. The second-order valence-electron chi connectivity index (χ2n) is 3.96. The minimum absolute atomic E-state index is 0.433. The molecule has 0 atom stereocenters. The maximum absolute atomic E-state index is 5.23. The van der Waals surface area contributed by atoms with E-state index in [1.54, 1.807) is 14.2 Å². The monoisotopic (exact) mass is 187 g/mol. The van der Waals surface area contributed by atoms with E-state index in [1.807, 2.05) is 0 Å². The largest absolute Gasteiger partial charge is 0.384 e. The highest BCUT2D eigenvalue weighted by Gasteiger charge is 2.36. The molecule has 0 aromatic carbocycles. The van der Waals surface area contributed by atoms with Gasteiger partial charge < -0.3 is 14.8 Å². The molecule has 0 heterocycles. The van der Waals surface area contributed by atoms with E-state index in [4.69, 9.17) is 9.47 Å². The quantitative estimate of drug-likeness (QED) is 0.604. The average molecular weight is 187 g/mol. The van der Waals surface area contributed by atoms with Crippen molar-refractivity contribution in [3.63, 3.8) is 0 Å². The van der Waals surface area contributed by atoms with Crippen LogP contribution in [0.5, 0.6) is 0 Å². The van der Waals surface area contributed by atoms with E-state index in [2.05, 4.69) is 5.32 Å². The molecule has 1 N–H and O–H groups in total. The molecule has 0 spiro atoms. The molecule has 0 radical (unpaired) electrons. The Morgan fingerprint density at radius 2 is 2.00 bits per heavy atom. The lowest BCUT2D eigenvalue weighted by molar-refractivity contribution is 0.0170. The zero-order chi connectivity index (χ0) is 9.57. The first kappa shape index (κ1) is 11.0. The van der Waals surface area contributed by atoms with Crippen molar-refractivity contribution in [2.75, 3.05) is 40.5 Å². The molecule has 0 amide bonds. The van der Waals surface area contributed by atoms with Crippen LogP contribution in [0.3, 0.4) is 0 Å². The summed E-state index contributed by atoms with van der Waals surface area (Å²) in [5.41, 5.74) is 0.433. The van der Waals surface area contributed by atoms with Crippen molar-refractivity contribution in [2.45, 2.75) is 19.3 Å². The Bertz CT molecular complexity index is 135. The molecule has 0 saturated heterocycles. The Labute approximate surface area is 80.8 Å². The molecule has 0 aliphatic heterocycles. The van der Waals surface area contributed by atoms with Gasteiger partial charge in [-0.2, -0.15) is 0 Å². The number of methoxy groups -OCH3 is 2. The molecule has 78 valence electrons. The third-order valence-corrected chi connectivity index (χ3v) is 2.85. The zero-order valence-corrected chi connectivity index (χ0v) is 8.77. The van der Waals surface area contributed by atoms with Gasteiger partial charge in [0.1, 0.15) is 0 Å². The molecule has 0 bridgehead atoms. The molecular weight excluding hydrogens is 166 g/mol. The summed E-state index contributed by atoms with van der Waals surface area (Å²) in [5.74, 6) is 0. The Kier molecular flexibility index (Phi) is 4.70. The number of hydrogen-bond acceptors (Lipinski definition) is 3. The van der Waals surface area contributed by atoms with Gasteiger partial charge in [0.15, 0.2) is 0 Å². The highest BCUT2D eigenvalue weighted by molar-refractivity contribution is 4.89. The highest BCUT2D eigenvalue weighted by Crippen LogP contribution is 2.40. The van der Waals surface area contributed by atoms with Crippen molar-refractivity contribution in [3.8, 4) is 0 Å². The lowest BCUT2D eigenvalue weighted by Crippen LogP contribution is -2.44. The normalized spacial score (nSPS) is 19.8. The molecule has 13 heavy (non-hydrogen) atoms. The van der Waals surface area contributed by atoms with Gasteiger partial charge in [0.2, 0.25) is 0 Å². The fourth-order valence-corrected chi connectivity index (χ4v) is 1.88. The molecule has 0 aromatic rings. The van der Waals surface area contributed by atoms with Crippen LogP contribution in [-0.4, -0.2) is 40.5 Å². The van der Waals surface area contributed by atoms with Gasteiger partial charge in [-0.3, -0.25) is 0 Å². The van der Waals surface area contributed by atoms with Crippen molar-refractivity contribution in [3.05, 3.63) is 0 Å². The summed E-state index contributed by atoms with van der Waals surface area (Å²) in [6.45, 7) is 3.71. The molecule has 1 fully saturated rings. The summed E-state index contributed by atoms with van der Waals surface area (Å²) in [4.78, 5) is 0. The molecule has 1 aliphatic rings. The lowest BCUT2D eigenvalue weighted by Gasteiger charge is -2.41. The Hall–Kier alpha value is -0.120. The first-order valence-corrected chi connectivity index (χ1v) is 5.02. The fourth-order valence-electron chi connectivity index (χ4n) is 1.88. The van der Waals surface area contributed by atoms with Gasteiger partial charge in [-0.05, 0) is 12.8 Å². The maximum atomic E-state index is 5.23. The SMILES string of the molecule is COCCNCC1(COC)CCC1. The summed E-state index contributed by atoms with van der Waals surface area (Å²) < 4.78 is 10.2. The average Bonchev–Trinajstić information content (AvgIpc) is 2.08. The second-order valence-corrected chi connectivity index (χ2v) is 3.96. The van der Waals surface area contributed by atoms with Crippen LogP contribution in [0.4, 0.5) is 0 Å². The first-order chi connectivity index (χ1) is 6.33. The molecule has 1 saturated carbocycles. The zero-order valence-electron chi connectivity index (χ0n) is 8.77. The van der Waals surface area contributed by atoms with E-state index in [0.717, 1.165) is 26.3 Å². The van der Waals surface area contributed by atoms with Crippen LogP contribution in [0.25, 0.3) is 0 Å². The van der Waals surface area contributed by atoms with E-state index < -0.39 is 0 Å². The van der Waals surface area contributed by atoms with Crippen LogP contribution < -0.4 is 5.32 Å².